The summed E-state index contributed by atoms with van der Waals surface area (Å²) in [5, 5.41) is -0.470. The SMILES string of the molecule is C[C@H](Cl)C(=O)N1CCN(c2ccc(F)cc2)CC1. The summed E-state index contributed by atoms with van der Waals surface area (Å²) in [5.41, 5.74) is 0.988. The van der Waals surface area contributed by atoms with Crippen LogP contribution in [0.4, 0.5) is 10.1 Å². The molecule has 0 saturated carbocycles. The zero-order valence-electron chi connectivity index (χ0n) is 10.3. The van der Waals surface area contributed by atoms with Crippen LogP contribution in [0.15, 0.2) is 24.3 Å². The minimum absolute atomic E-state index is 0.0181. The van der Waals surface area contributed by atoms with E-state index in [1.165, 1.54) is 12.1 Å². The van der Waals surface area contributed by atoms with Crippen LogP contribution in [0.5, 0.6) is 0 Å². The zero-order valence-corrected chi connectivity index (χ0v) is 11.0. The predicted molar refractivity (Wildman–Crippen MR) is 70.5 cm³/mol. The average Bonchev–Trinajstić information content (AvgIpc) is 2.39. The van der Waals surface area contributed by atoms with E-state index < -0.39 is 5.38 Å². The number of nitrogens with zero attached hydrogens (tertiary/aromatic N) is 2. The van der Waals surface area contributed by atoms with Gasteiger partial charge in [0.05, 0.1) is 0 Å². The van der Waals surface area contributed by atoms with Gasteiger partial charge in [0.1, 0.15) is 11.2 Å². The first-order chi connectivity index (χ1) is 8.58. The summed E-state index contributed by atoms with van der Waals surface area (Å²) in [7, 11) is 0. The second-order valence-corrected chi connectivity index (χ2v) is 5.06. The minimum atomic E-state index is -0.470. The maximum atomic E-state index is 12.8. The van der Waals surface area contributed by atoms with E-state index in [0.717, 1.165) is 18.8 Å². The van der Waals surface area contributed by atoms with Crippen LogP contribution in [0, 0.1) is 5.82 Å². The summed E-state index contributed by atoms with van der Waals surface area (Å²) in [4.78, 5) is 15.6. The molecule has 1 fully saturated rings. The molecule has 0 aliphatic carbocycles. The number of carbonyl (C=O) groups is 1. The Bertz CT molecular complexity index is 414. The van der Waals surface area contributed by atoms with E-state index in [0.29, 0.717) is 13.1 Å². The average molecular weight is 271 g/mol. The van der Waals surface area contributed by atoms with Gasteiger partial charge in [0.2, 0.25) is 5.91 Å². The Hall–Kier alpha value is -1.29. The fourth-order valence-electron chi connectivity index (χ4n) is 2.09. The molecule has 0 radical (unpaired) electrons. The van der Waals surface area contributed by atoms with Crippen LogP contribution >= 0.6 is 11.6 Å². The minimum Gasteiger partial charge on any atom is -0.368 e. The van der Waals surface area contributed by atoms with Gasteiger partial charge in [-0.05, 0) is 31.2 Å². The molecule has 1 aromatic carbocycles. The van der Waals surface area contributed by atoms with E-state index in [1.807, 2.05) is 0 Å². The van der Waals surface area contributed by atoms with Crippen molar-refractivity contribution in [3.63, 3.8) is 0 Å². The first-order valence-corrected chi connectivity index (χ1v) is 6.45. The summed E-state index contributed by atoms with van der Waals surface area (Å²) >= 11 is 5.79. The zero-order chi connectivity index (χ0) is 13.1. The number of amides is 1. The van der Waals surface area contributed by atoms with Gasteiger partial charge < -0.3 is 9.80 Å². The van der Waals surface area contributed by atoms with Crippen LogP contribution in [0.3, 0.4) is 0 Å². The third kappa shape index (κ3) is 2.93. The molecular weight excluding hydrogens is 255 g/mol. The van der Waals surface area contributed by atoms with Gasteiger partial charge in [0, 0.05) is 31.9 Å². The molecule has 3 nitrogen and oxygen atoms in total. The van der Waals surface area contributed by atoms with Crippen LogP contribution in [-0.4, -0.2) is 42.4 Å². The van der Waals surface area contributed by atoms with E-state index in [-0.39, 0.29) is 11.7 Å². The number of carbonyl (C=O) groups excluding carboxylic acids is 1. The van der Waals surface area contributed by atoms with Crippen molar-refractivity contribution in [3.8, 4) is 0 Å². The highest BCUT2D eigenvalue weighted by Gasteiger charge is 2.23. The first kappa shape index (κ1) is 13.1. The highest BCUT2D eigenvalue weighted by Crippen LogP contribution is 2.17. The van der Waals surface area contributed by atoms with Crippen LogP contribution in [-0.2, 0) is 4.79 Å². The third-order valence-electron chi connectivity index (χ3n) is 3.12. The normalized spacial score (nSPS) is 17.7. The quantitative estimate of drug-likeness (QED) is 0.769. The molecule has 0 spiro atoms. The van der Waals surface area contributed by atoms with Gasteiger partial charge in [-0.1, -0.05) is 0 Å². The molecule has 1 heterocycles. The molecule has 1 atom stereocenters. The second-order valence-electron chi connectivity index (χ2n) is 4.40. The van der Waals surface area contributed by atoms with Crippen molar-refractivity contribution < 1.29 is 9.18 Å². The number of halogens is 2. The Morgan fingerprint density at radius 3 is 2.28 bits per heavy atom. The Morgan fingerprint density at radius 1 is 1.22 bits per heavy atom. The van der Waals surface area contributed by atoms with Crippen LogP contribution in [0.1, 0.15) is 6.92 Å². The predicted octanol–water partition coefficient (Wildman–Crippen LogP) is 2.10. The number of anilines is 1. The Labute approximate surface area is 111 Å². The number of benzene rings is 1. The second kappa shape index (κ2) is 5.57. The van der Waals surface area contributed by atoms with Gasteiger partial charge in [-0.15, -0.1) is 11.6 Å². The molecule has 0 aromatic heterocycles. The maximum Gasteiger partial charge on any atom is 0.240 e. The van der Waals surface area contributed by atoms with E-state index >= 15 is 0 Å². The highest BCUT2D eigenvalue weighted by atomic mass is 35.5. The van der Waals surface area contributed by atoms with Crippen LogP contribution in [0.2, 0.25) is 0 Å². The molecule has 0 N–H and O–H groups in total. The third-order valence-corrected chi connectivity index (χ3v) is 3.31. The molecule has 2 rings (SSSR count). The van der Waals surface area contributed by atoms with Crippen molar-refractivity contribution in [2.75, 3.05) is 31.1 Å². The summed E-state index contributed by atoms with van der Waals surface area (Å²) in [6.45, 7) is 4.51. The van der Waals surface area contributed by atoms with Crippen molar-refractivity contribution in [2.45, 2.75) is 12.3 Å². The topological polar surface area (TPSA) is 23.6 Å². The van der Waals surface area contributed by atoms with E-state index in [2.05, 4.69) is 4.90 Å². The summed E-state index contributed by atoms with van der Waals surface area (Å²) < 4.78 is 12.8. The number of hydrogen-bond acceptors (Lipinski definition) is 2. The van der Waals surface area contributed by atoms with Gasteiger partial charge in [0.25, 0.3) is 0 Å². The summed E-state index contributed by atoms with van der Waals surface area (Å²) in [6.07, 6.45) is 0. The van der Waals surface area contributed by atoms with Crippen molar-refractivity contribution in [1.82, 2.24) is 4.90 Å². The Kier molecular flexibility index (Phi) is 4.07. The summed E-state index contributed by atoms with van der Waals surface area (Å²) in [6, 6.07) is 6.43. The summed E-state index contributed by atoms with van der Waals surface area (Å²) in [5.74, 6) is -0.251. The lowest BCUT2D eigenvalue weighted by molar-refractivity contribution is -0.130. The standard InChI is InChI=1S/C13H16ClFN2O/c1-10(14)13(18)17-8-6-16(7-9-17)12-4-2-11(15)3-5-12/h2-5,10H,6-9H2,1H3/t10-/m0/s1. The van der Waals surface area contributed by atoms with Gasteiger partial charge >= 0.3 is 0 Å². The largest absolute Gasteiger partial charge is 0.368 e. The maximum absolute atomic E-state index is 12.8. The molecule has 1 aliphatic rings. The fourth-order valence-corrected chi connectivity index (χ4v) is 2.23. The molecule has 1 saturated heterocycles. The Morgan fingerprint density at radius 2 is 1.78 bits per heavy atom. The number of piperazine rings is 1. The van der Waals surface area contributed by atoms with Gasteiger partial charge in [-0.2, -0.15) is 0 Å². The lowest BCUT2D eigenvalue weighted by atomic mass is 10.2. The molecule has 1 aromatic rings. The van der Waals surface area contributed by atoms with E-state index in [4.69, 9.17) is 11.6 Å². The molecular formula is C13H16ClFN2O. The smallest absolute Gasteiger partial charge is 0.240 e. The number of hydrogen-bond donors (Lipinski definition) is 0. The molecule has 1 aliphatic heterocycles. The lowest BCUT2D eigenvalue weighted by Crippen LogP contribution is -2.50. The van der Waals surface area contributed by atoms with Gasteiger partial charge in [-0.3, -0.25) is 4.79 Å². The lowest BCUT2D eigenvalue weighted by Gasteiger charge is -2.36. The van der Waals surface area contributed by atoms with E-state index in [9.17, 15) is 9.18 Å². The highest BCUT2D eigenvalue weighted by molar-refractivity contribution is 6.30. The molecule has 5 heteroatoms. The Balaban J connectivity index is 1.94. The van der Waals surface area contributed by atoms with Gasteiger partial charge in [-0.25, -0.2) is 4.39 Å². The molecule has 18 heavy (non-hydrogen) atoms. The van der Waals surface area contributed by atoms with Crippen molar-refractivity contribution in [3.05, 3.63) is 30.1 Å². The van der Waals surface area contributed by atoms with Gasteiger partial charge in [0.15, 0.2) is 0 Å². The molecule has 0 unspecified atom stereocenters. The molecule has 98 valence electrons. The fraction of sp³-hybridized carbons (Fsp3) is 0.462. The van der Waals surface area contributed by atoms with Crippen molar-refractivity contribution >= 4 is 23.2 Å². The van der Waals surface area contributed by atoms with Crippen LogP contribution in [0.25, 0.3) is 0 Å². The van der Waals surface area contributed by atoms with E-state index in [1.54, 1.807) is 24.0 Å². The number of alkyl halides is 1. The first-order valence-electron chi connectivity index (χ1n) is 6.01. The molecule has 1 amide bonds. The van der Waals surface area contributed by atoms with Crippen molar-refractivity contribution in [1.29, 1.82) is 0 Å². The molecule has 0 bridgehead atoms. The van der Waals surface area contributed by atoms with Crippen molar-refractivity contribution in [2.24, 2.45) is 0 Å². The van der Waals surface area contributed by atoms with Crippen LogP contribution < -0.4 is 4.90 Å². The monoisotopic (exact) mass is 270 g/mol. The number of rotatable bonds is 2.